The largest absolute Gasteiger partial charge is 0.490 e. The molecule has 0 spiro atoms. The van der Waals surface area contributed by atoms with Gasteiger partial charge in [0, 0.05) is 12.1 Å². The number of anilines is 1. The van der Waals surface area contributed by atoms with Gasteiger partial charge in [0.1, 0.15) is 17.3 Å². The Morgan fingerprint density at radius 3 is 2.32 bits per heavy atom. The monoisotopic (exact) mass is 265 g/mol. The molecule has 1 N–H and O–H groups in total. The van der Waals surface area contributed by atoms with Crippen molar-refractivity contribution < 1.29 is 18.4 Å². The molecule has 0 aliphatic carbocycles. The Kier molecular flexibility index (Phi) is 3.70. The minimum atomic E-state index is -0.504. The molecular formula is C13H11F2N2O2+. The Labute approximate surface area is 108 Å². The van der Waals surface area contributed by atoms with Gasteiger partial charge in [-0.15, -0.1) is 5.43 Å². The minimum absolute atomic E-state index is 0.101. The van der Waals surface area contributed by atoms with Gasteiger partial charge in [-0.2, -0.15) is 0 Å². The quantitative estimate of drug-likeness (QED) is 0.680. The zero-order valence-electron chi connectivity index (χ0n) is 10.1. The molecule has 0 atom stereocenters. The zero-order valence-corrected chi connectivity index (χ0v) is 10.1. The number of methoxy groups -OCH3 is 1. The van der Waals surface area contributed by atoms with E-state index >= 15 is 0 Å². The van der Waals surface area contributed by atoms with E-state index in [4.69, 9.17) is 4.74 Å². The summed E-state index contributed by atoms with van der Waals surface area (Å²) in [5, 5.41) is 0. The smallest absolute Gasteiger partial charge is 0.333 e. The molecule has 6 heteroatoms. The van der Waals surface area contributed by atoms with E-state index in [2.05, 4.69) is 5.43 Å². The third kappa shape index (κ3) is 3.04. The van der Waals surface area contributed by atoms with Crippen molar-refractivity contribution in [3.8, 4) is 5.75 Å². The summed E-state index contributed by atoms with van der Waals surface area (Å²) in [6.45, 7) is 0. The molecule has 0 saturated heterocycles. The molecule has 0 aliphatic heterocycles. The molecule has 98 valence electrons. The van der Waals surface area contributed by atoms with Gasteiger partial charge in [-0.3, -0.25) is 0 Å². The first-order valence-corrected chi connectivity index (χ1v) is 5.43. The van der Waals surface area contributed by atoms with Crippen LogP contribution < -0.4 is 10.2 Å². The third-order valence-corrected chi connectivity index (χ3v) is 2.44. The number of nitrogens with one attached hydrogen (secondary N) is 1. The third-order valence-electron chi connectivity index (χ3n) is 2.44. The van der Waals surface area contributed by atoms with Gasteiger partial charge in [0.15, 0.2) is 4.87 Å². The number of hydrazine groups is 1. The highest BCUT2D eigenvalue weighted by atomic mass is 19.1. The van der Waals surface area contributed by atoms with E-state index in [1.807, 2.05) is 0 Å². The molecule has 0 aromatic heterocycles. The van der Waals surface area contributed by atoms with Crippen LogP contribution in [0.4, 0.5) is 20.2 Å². The molecule has 0 saturated carbocycles. The maximum Gasteiger partial charge on any atom is 0.333 e. The molecule has 2 aromatic rings. The summed E-state index contributed by atoms with van der Waals surface area (Å²) in [4.78, 5) is 12.3. The molecular weight excluding hydrogens is 254 g/mol. The van der Waals surface area contributed by atoms with E-state index in [1.54, 1.807) is 0 Å². The Morgan fingerprint density at radius 1 is 1.05 bits per heavy atom. The van der Waals surface area contributed by atoms with E-state index < -0.39 is 11.6 Å². The second kappa shape index (κ2) is 5.43. The highest BCUT2D eigenvalue weighted by Crippen LogP contribution is 2.27. The summed E-state index contributed by atoms with van der Waals surface area (Å²) in [5.41, 5.74) is 3.01. The zero-order chi connectivity index (χ0) is 13.8. The van der Waals surface area contributed by atoms with Gasteiger partial charge >= 0.3 is 5.69 Å². The van der Waals surface area contributed by atoms with Crippen LogP contribution in [0.3, 0.4) is 0 Å². The fourth-order valence-electron chi connectivity index (χ4n) is 1.52. The molecule has 0 fully saturated rings. The topological polar surface area (TPSA) is 41.3 Å². The van der Waals surface area contributed by atoms with Crippen LogP contribution in [-0.4, -0.2) is 12.0 Å². The molecule has 0 radical (unpaired) electrons. The van der Waals surface area contributed by atoms with Gasteiger partial charge < -0.3 is 4.74 Å². The van der Waals surface area contributed by atoms with E-state index in [1.165, 1.54) is 37.4 Å². The normalized spacial score (nSPS) is 10.1. The van der Waals surface area contributed by atoms with Crippen LogP contribution in [0.15, 0.2) is 42.5 Å². The Morgan fingerprint density at radius 2 is 1.68 bits per heavy atom. The second-order valence-corrected chi connectivity index (χ2v) is 3.73. The highest BCUT2D eigenvalue weighted by molar-refractivity contribution is 5.48. The maximum absolute atomic E-state index is 13.0. The van der Waals surface area contributed by atoms with Gasteiger partial charge in [0.25, 0.3) is 0 Å². The van der Waals surface area contributed by atoms with Crippen molar-refractivity contribution in [3.63, 3.8) is 0 Å². The van der Waals surface area contributed by atoms with E-state index in [9.17, 15) is 13.7 Å². The molecule has 0 amide bonds. The van der Waals surface area contributed by atoms with Crippen LogP contribution in [-0.2, 0) is 0 Å². The SMILES string of the molecule is COc1cc(F)ccc1[N+](=O)Nc1ccc(F)cc1. The van der Waals surface area contributed by atoms with Crippen LogP contribution >= 0.6 is 0 Å². The summed E-state index contributed by atoms with van der Waals surface area (Å²) >= 11 is 0. The second-order valence-electron chi connectivity index (χ2n) is 3.73. The molecule has 4 nitrogen and oxygen atoms in total. The molecule has 19 heavy (non-hydrogen) atoms. The van der Waals surface area contributed by atoms with Crippen molar-refractivity contribution in [1.29, 1.82) is 0 Å². The summed E-state index contributed by atoms with van der Waals surface area (Å²) in [5.74, 6) is -0.803. The first-order chi connectivity index (χ1) is 9.10. The van der Waals surface area contributed by atoms with Crippen LogP contribution in [0, 0.1) is 16.5 Å². The first-order valence-electron chi connectivity index (χ1n) is 5.43. The summed E-state index contributed by atoms with van der Waals surface area (Å²) in [6.07, 6.45) is 0. The average Bonchev–Trinajstić information content (AvgIpc) is 2.41. The van der Waals surface area contributed by atoms with Gasteiger partial charge in [-0.05, 0) is 30.3 Å². The van der Waals surface area contributed by atoms with Gasteiger partial charge in [-0.25, -0.2) is 8.78 Å². The number of ether oxygens (including phenoxy) is 1. The molecule has 0 unspecified atom stereocenters. The molecule has 0 heterocycles. The van der Waals surface area contributed by atoms with Gasteiger partial charge in [0.2, 0.25) is 5.75 Å². The lowest BCUT2D eigenvalue weighted by atomic mass is 10.3. The maximum atomic E-state index is 13.0. The predicted octanol–water partition coefficient (Wildman–Crippen LogP) is 3.41. The molecule has 0 bridgehead atoms. The number of benzene rings is 2. The lowest BCUT2D eigenvalue weighted by Crippen LogP contribution is -2.11. The number of hydrogen-bond donors (Lipinski definition) is 1. The Balaban J connectivity index is 2.22. The number of halogens is 2. The van der Waals surface area contributed by atoms with E-state index in [0.29, 0.717) is 10.6 Å². The molecule has 2 aromatic carbocycles. The number of nitrogens with zero attached hydrogens (tertiary/aromatic N) is 1. The molecule has 2 rings (SSSR count). The molecule has 0 aliphatic rings. The van der Waals surface area contributed by atoms with Gasteiger partial charge in [-0.1, -0.05) is 0 Å². The summed E-state index contributed by atoms with van der Waals surface area (Å²) < 4.78 is 30.7. The number of nitroso groups, excluding NO2 is 1. The Bertz CT molecular complexity index is 600. The van der Waals surface area contributed by atoms with Crippen LogP contribution in [0.1, 0.15) is 0 Å². The highest BCUT2D eigenvalue weighted by Gasteiger charge is 2.21. The van der Waals surface area contributed by atoms with Crippen molar-refractivity contribution in [3.05, 3.63) is 59.0 Å². The fraction of sp³-hybridized carbons (Fsp3) is 0.0769. The Hall–Kier alpha value is -2.50. The van der Waals surface area contributed by atoms with Crippen molar-refractivity contribution in [2.24, 2.45) is 0 Å². The van der Waals surface area contributed by atoms with E-state index in [-0.39, 0.29) is 11.4 Å². The van der Waals surface area contributed by atoms with Crippen molar-refractivity contribution in [2.45, 2.75) is 0 Å². The lowest BCUT2D eigenvalue weighted by molar-refractivity contribution is -0.428. The number of rotatable bonds is 4. The van der Waals surface area contributed by atoms with Crippen LogP contribution in [0.5, 0.6) is 5.75 Å². The van der Waals surface area contributed by atoms with Gasteiger partial charge in [0.05, 0.1) is 12.0 Å². The summed E-state index contributed by atoms with van der Waals surface area (Å²) in [6, 6.07) is 8.81. The summed E-state index contributed by atoms with van der Waals surface area (Å²) in [7, 11) is 1.34. The fourth-order valence-corrected chi connectivity index (χ4v) is 1.52. The standard InChI is InChI=1S/C13H11F2N2O2/c1-19-13-8-10(15)4-7-12(13)17(18)16-11-5-2-9(14)3-6-11/h2-8H,1H3,(H,16,18)/q+1. The predicted molar refractivity (Wildman–Crippen MR) is 66.3 cm³/mol. The van der Waals surface area contributed by atoms with Crippen molar-refractivity contribution in [2.75, 3.05) is 12.5 Å². The minimum Gasteiger partial charge on any atom is -0.490 e. The van der Waals surface area contributed by atoms with Crippen LogP contribution in [0.2, 0.25) is 0 Å². The lowest BCUT2D eigenvalue weighted by Gasteiger charge is -2.02. The number of hydrogen-bond acceptors (Lipinski definition) is 2. The van der Waals surface area contributed by atoms with Crippen molar-refractivity contribution in [1.82, 2.24) is 0 Å². The van der Waals surface area contributed by atoms with E-state index in [0.717, 1.165) is 12.1 Å². The average molecular weight is 265 g/mol. The van der Waals surface area contributed by atoms with Crippen LogP contribution in [0.25, 0.3) is 0 Å². The van der Waals surface area contributed by atoms with Crippen molar-refractivity contribution >= 4 is 11.4 Å². The first kappa shape index (κ1) is 12.9.